The highest BCUT2D eigenvalue weighted by molar-refractivity contribution is 7.96. The van der Waals surface area contributed by atoms with Gasteiger partial charge in [-0.3, -0.25) is 19.0 Å². The van der Waals surface area contributed by atoms with Crippen molar-refractivity contribution in [3.05, 3.63) is 12.7 Å². The van der Waals surface area contributed by atoms with Crippen molar-refractivity contribution >= 4 is 46.5 Å². The molecule has 15 heteroatoms. The van der Waals surface area contributed by atoms with Crippen molar-refractivity contribution in [2.45, 2.75) is 43.1 Å². The number of aliphatic hydroxyl groups excluding tert-OH is 3. The third kappa shape index (κ3) is 3.30. The first-order valence-electron chi connectivity index (χ1n) is 8.52. The number of carbonyl (C=O) groups excluding carboxylic acids is 3. The topological polar surface area (TPSA) is 229 Å². The highest BCUT2D eigenvalue weighted by Gasteiger charge is 2.61. The maximum Gasteiger partial charge on any atom is 0.274 e. The summed E-state index contributed by atoms with van der Waals surface area (Å²) in [5, 5.41) is 31.6. The van der Waals surface area contributed by atoms with E-state index in [0.29, 0.717) is 0 Å². The summed E-state index contributed by atoms with van der Waals surface area (Å²) in [6.45, 7) is 1.33. The van der Waals surface area contributed by atoms with E-state index in [1.54, 1.807) is 0 Å². The Hall–Kier alpha value is -2.69. The Labute approximate surface area is 173 Å². The average molecular weight is 441 g/mol. The number of amides is 2. The van der Waals surface area contributed by atoms with Crippen LogP contribution >= 0.6 is 12.6 Å². The minimum absolute atomic E-state index is 0.0461. The second-order valence-corrected chi connectivity index (χ2v) is 7.08. The molecule has 1 saturated heterocycles. The number of rotatable bonds is 6. The van der Waals surface area contributed by atoms with Crippen LogP contribution in [0.4, 0.5) is 5.82 Å². The highest BCUT2D eigenvalue weighted by Crippen LogP contribution is 2.38. The molecule has 0 saturated carbocycles. The first-order valence-corrected chi connectivity index (χ1v) is 8.96. The fraction of sp³-hybridized carbons (Fsp3) is 0.467. The Kier molecular flexibility index (Phi) is 5.76. The molecule has 1 aliphatic rings. The molecule has 2 unspecified atom stereocenters. The van der Waals surface area contributed by atoms with E-state index < -0.39 is 53.1 Å². The molecule has 14 nitrogen and oxygen atoms in total. The molecule has 2 aromatic heterocycles. The summed E-state index contributed by atoms with van der Waals surface area (Å²) >= 11 is 3.58. The number of primary amides is 1. The number of anilines is 1. The molecule has 6 atom stereocenters. The zero-order valence-corrected chi connectivity index (χ0v) is 16.3. The Morgan fingerprint density at radius 3 is 2.53 bits per heavy atom. The predicted octanol–water partition coefficient (Wildman–Crippen LogP) is -3.81. The van der Waals surface area contributed by atoms with E-state index in [0.717, 1.165) is 17.2 Å². The summed E-state index contributed by atoms with van der Waals surface area (Å²) in [7, 11) is 0. The van der Waals surface area contributed by atoms with Crippen LogP contribution in [0.25, 0.3) is 11.2 Å². The number of aromatic nitrogens is 4. The Morgan fingerprint density at radius 1 is 1.33 bits per heavy atom. The lowest BCUT2D eigenvalue weighted by molar-refractivity contribution is -0.171. The molecular weight excluding hydrogens is 422 g/mol. The van der Waals surface area contributed by atoms with Gasteiger partial charge in [-0.1, -0.05) is 0 Å². The smallest absolute Gasteiger partial charge is 0.274 e. The Bertz CT molecular complexity index is 1010. The van der Waals surface area contributed by atoms with Crippen LogP contribution < -0.4 is 16.8 Å². The van der Waals surface area contributed by atoms with Crippen LogP contribution in [0.3, 0.4) is 0 Å². The number of fused-ring (bicyclic) bond motifs is 1. The fourth-order valence-corrected chi connectivity index (χ4v) is 3.24. The number of carbonyl (C=O) groups is 3. The van der Waals surface area contributed by atoms with Gasteiger partial charge in [-0.25, -0.2) is 15.0 Å². The van der Waals surface area contributed by atoms with Gasteiger partial charge in [0, 0.05) is 0 Å². The van der Waals surface area contributed by atoms with Crippen LogP contribution in [0.1, 0.15) is 6.92 Å². The van der Waals surface area contributed by atoms with Crippen molar-refractivity contribution in [2.24, 2.45) is 11.5 Å². The standard InChI is InChI=1S/C15H19N7O7S/c1-4(23)5(16)12(26)21-10-6-11(19-2-18-10)22(3-20-6)15(14(17)28)9(25)7(24)8(29-15)13(27)30/h2-5,7-9,23-25H,16H2,1H3,(H2,17,28)(H,27,30)(H,18,19,21,26)/t4?,5?,7-,8+,9-,15+/m1/s1. The van der Waals surface area contributed by atoms with Crippen molar-refractivity contribution < 1.29 is 34.4 Å². The molecule has 0 bridgehead atoms. The van der Waals surface area contributed by atoms with Crippen molar-refractivity contribution in [3.63, 3.8) is 0 Å². The van der Waals surface area contributed by atoms with E-state index in [-0.39, 0.29) is 17.0 Å². The van der Waals surface area contributed by atoms with E-state index in [9.17, 15) is 29.7 Å². The number of imidazole rings is 1. The van der Waals surface area contributed by atoms with Gasteiger partial charge in [0.05, 0.1) is 6.10 Å². The molecular formula is C15H19N7O7S. The summed E-state index contributed by atoms with van der Waals surface area (Å²) < 4.78 is 6.28. The van der Waals surface area contributed by atoms with E-state index >= 15 is 0 Å². The molecule has 1 fully saturated rings. The number of aliphatic hydroxyl groups is 3. The molecule has 0 radical (unpaired) electrons. The maximum absolute atomic E-state index is 12.3. The lowest BCUT2D eigenvalue weighted by Crippen LogP contribution is -2.54. The van der Waals surface area contributed by atoms with Crippen LogP contribution in [-0.2, 0) is 24.8 Å². The van der Waals surface area contributed by atoms with Crippen molar-refractivity contribution in [1.82, 2.24) is 19.5 Å². The van der Waals surface area contributed by atoms with Crippen LogP contribution in [-0.4, -0.2) is 82.2 Å². The molecule has 3 heterocycles. The second kappa shape index (κ2) is 7.86. The quantitative estimate of drug-likeness (QED) is 0.215. The van der Waals surface area contributed by atoms with Gasteiger partial charge in [0.15, 0.2) is 23.1 Å². The number of hydrogen-bond acceptors (Lipinski definition) is 11. The molecule has 0 spiro atoms. The zero-order chi connectivity index (χ0) is 22.4. The lowest BCUT2D eigenvalue weighted by atomic mass is 10.0. The van der Waals surface area contributed by atoms with Crippen LogP contribution in [0, 0.1) is 0 Å². The normalized spacial score (nSPS) is 28.3. The second-order valence-electron chi connectivity index (χ2n) is 6.64. The molecule has 8 N–H and O–H groups in total. The summed E-state index contributed by atoms with van der Waals surface area (Å²) in [5.41, 5.74) is 8.42. The summed E-state index contributed by atoms with van der Waals surface area (Å²) in [4.78, 5) is 47.9. The van der Waals surface area contributed by atoms with Gasteiger partial charge in [-0.2, -0.15) is 0 Å². The summed E-state index contributed by atoms with van der Waals surface area (Å²) in [6.07, 6.45) is -4.56. The van der Waals surface area contributed by atoms with Gasteiger partial charge in [0.25, 0.3) is 11.6 Å². The van der Waals surface area contributed by atoms with Crippen LogP contribution in [0.5, 0.6) is 0 Å². The predicted molar refractivity (Wildman–Crippen MR) is 102 cm³/mol. The third-order valence-corrected chi connectivity index (χ3v) is 4.95. The first-order chi connectivity index (χ1) is 14.0. The van der Waals surface area contributed by atoms with Gasteiger partial charge >= 0.3 is 0 Å². The molecule has 2 aromatic rings. The largest absolute Gasteiger partial charge is 0.391 e. The number of nitrogens with one attached hydrogen (secondary N) is 1. The monoisotopic (exact) mass is 441 g/mol. The van der Waals surface area contributed by atoms with Crippen LogP contribution in [0.15, 0.2) is 12.7 Å². The van der Waals surface area contributed by atoms with Gasteiger partial charge in [-0.15, -0.1) is 12.6 Å². The van der Waals surface area contributed by atoms with Crippen molar-refractivity contribution in [2.75, 3.05) is 5.32 Å². The molecule has 30 heavy (non-hydrogen) atoms. The lowest BCUT2D eigenvalue weighted by Gasteiger charge is -2.29. The van der Waals surface area contributed by atoms with Gasteiger partial charge < -0.3 is 36.8 Å². The molecule has 0 aliphatic carbocycles. The van der Waals surface area contributed by atoms with E-state index in [4.69, 9.17) is 16.2 Å². The molecule has 162 valence electrons. The minimum atomic E-state index is -2.44. The van der Waals surface area contributed by atoms with Gasteiger partial charge in [-0.05, 0) is 6.92 Å². The third-order valence-electron chi connectivity index (χ3n) is 4.69. The minimum Gasteiger partial charge on any atom is -0.391 e. The fourth-order valence-electron chi connectivity index (χ4n) is 3.04. The van der Waals surface area contributed by atoms with E-state index in [2.05, 4.69) is 32.9 Å². The Morgan fingerprint density at radius 2 is 2.00 bits per heavy atom. The molecule has 1 aliphatic heterocycles. The van der Waals surface area contributed by atoms with E-state index in [1.807, 2.05) is 0 Å². The highest BCUT2D eigenvalue weighted by atomic mass is 32.1. The van der Waals surface area contributed by atoms with Gasteiger partial charge in [0.1, 0.15) is 30.9 Å². The maximum atomic E-state index is 12.3. The molecule has 0 aromatic carbocycles. The number of ether oxygens (including phenoxy) is 1. The van der Waals surface area contributed by atoms with Crippen molar-refractivity contribution in [3.8, 4) is 0 Å². The molecule has 3 rings (SSSR count). The van der Waals surface area contributed by atoms with Crippen LogP contribution in [0.2, 0.25) is 0 Å². The van der Waals surface area contributed by atoms with Gasteiger partial charge in [0.2, 0.25) is 11.0 Å². The first kappa shape index (κ1) is 22.0. The zero-order valence-electron chi connectivity index (χ0n) is 15.4. The summed E-state index contributed by atoms with van der Waals surface area (Å²) in [5.74, 6) is -2.13. The Balaban J connectivity index is 2.10. The van der Waals surface area contributed by atoms with Crippen molar-refractivity contribution in [1.29, 1.82) is 0 Å². The van der Waals surface area contributed by atoms with E-state index in [1.165, 1.54) is 6.92 Å². The number of nitrogens with zero attached hydrogens (tertiary/aromatic N) is 4. The summed E-state index contributed by atoms with van der Waals surface area (Å²) in [6, 6.07) is -1.26. The number of hydrogen-bond donors (Lipinski definition) is 7. The number of thiol groups is 1. The average Bonchev–Trinajstić information content (AvgIpc) is 3.22. The SMILES string of the molecule is CC(O)C(N)C(=O)Nc1ncnc2c1ncn2[C@]1(C(N)=O)O[C@H](C(=O)S)[C@@H](O)[C@H]1O. The molecule has 2 amide bonds. The number of nitrogens with two attached hydrogens (primary N) is 2.